The van der Waals surface area contributed by atoms with Crippen LogP contribution < -0.4 is 10.2 Å². The lowest BCUT2D eigenvalue weighted by molar-refractivity contribution is 0.0925. The zero-order chi connectivity index (χ0) is 22.0. The third-order valence-electron chi connectivity index (χ3n) is 6.58. The third kappa shape index (κ3) is 5.05. The number of halogens is 1. The van der Waals surface area contributed by atoms with E-state index in [0.717, 1.165) is 36.9 Å². The molecule has 0 bridgehead atoms. The molecule has 5 heteroatoms. The molecule has 162 valence electrons. The van der Waals surface area contributed by atoms with Crippen LogP contribution in [-0.4, -0.2) is 24.0 Å². The van der Waals surface area contributed by atoms with Gasteiger partial charge < -0.3 is 10.2 Å². The van der Waals surface area contributed by atoms with E-state index in [-0.39, 0.29) is 11.9 Å². The van der Waals surface area contributed by atoms with Gasteiger partial charge in [0.25, 0.3) is 5.91 Å². The summed E-state index contributed by atoms with van der Waals surface area (Å²) in [5, 5.41) is 12.9. The molecule has 4 rings (SSSR count). The van der Waals surface area contributed by atoms with Gasteiger partial charge in [-0.05, 0) is 80.3 Å². The smallest absolute Gasteiger partial charge is 0.251 e. The summed E-state index contributed by atoms with van der Waals surface area (Å²) in [5.74, 6) is 0.490. The van der Waals surface area contributed by atoms with Crippen LogP contribution in [0.2, 0.25) is 5.02 Å². The average molecular weight is 436 g/mol. The first kappa shape index (κ1) is 21.7. The molecule has 2 aliphatic rings. The van der Waals surface area contributed by atoms with Crippen molar-refractivity contribution >= 4 is 23.2 Å². The van der Waals surface area contributed by atoms with E-state index in [2.05, 4.69) is 30.1 Å². The summed E-state index contributed by atoms with van der Waals surface area (Å²) in [6.07, 6.45) is 6.47. The molecule has 1 N–H and O–H groups in total. The molecule has 2 aromatic carbocycles. The molecular weight excluding hydrogens is 406 g/mol. The van der Waals surface area contributed by atoms with Crippen molar-refractivity contribution in [1.29, 1.82) is 5.26 Å². The van der Waals surface area contributed by atoms with E-state index in [9.17, 15) is 4.79 Å². The number of amides is 1. The Morgan fingerprint density at radius 1 is 1.03 bits per heavy atom. The predicted octanol–water partition coefficient (Wildman–Crippen LogP) is 6.05. The van der Waals surface area contributed by atoms with Crippen molar-refractivity contribution in [2.75, 3.05) is 4.90 Å². The number of anilines is 1. The SMILES string of the molecule is CC(C)c1ccc(C(=O)NC2CCC(N(c3ccc(C#N)c(Cl)c3)C3CC3)CC2)cc1. The molecule has 0 heterocycles. The van der Waals surface area contributed by atoms with Gasteiger partial charge in [-0.1, -0.05) is 37.6 Å². The van der Waals surface area contributed by atoms with Gasteiger partial charge >= 0.3 is 0 Å². The van der Waals surface area contributed by atoms with Crippen LogP contribution in [0, 0.1) is 11.3 Å². The van der Waals surface area contributed by atoms with Crippen molar-refractivity contribution in [3.05, 3.63) is 64.2 Å². The molecule has 2 aliphatic carbocycles. The maximum atomic E-state index is 12.7. The van der Waals surface area contributed by atoms with E-state index in [1.165, 1.54) is 18.4 Å². The molecule has 2 fully saturated rings. The maximum absolute atomic E-state index is 12.7. The monoisotopic (exact) mass is 435 g/mol. The van der Waals surface area contributed by atoms with Crippen molar-refractivity contribution in [3.8, 4) is 6.07 Å². The first-order valence-electron chi connectivity index (χ1n) is 11.3. The molecule has 1 amide bonds. The zero-order valence-electron chi connectivity index (χ0n) is 18.3. The zero-order valence-corrected chi connectivity index (χ0v) is 19.0. The van der Waals surface area contributed by atoms with Gasteiger partial charge in [-0.3, -0.25) is 4.79 Å². The summed E-state index contributed by atoms with van der Waals surface area (Å²) in [4.78, 5) is 15.2. The molecule has 0 aromatic heterocycles. The van der Waals surface area contributed by atoms with Crippen molar-refractivity contribution in [2.24, 2.45) is 0 Å². The number of nitrogens with one attached hydrogen (secondary N) is 1. The Balaban J connectivity index is 1.36. The van der Waals surface area contributed by atoms with Crippen LogP contribution in [0.25, 0.3) is 0 Å². The van der Waals surface area contributed by atoms with Gasteiger partial charge in [-0.15, -0.1) is 0 Å². The molecule has 2 aromatic rings. The van der Waals surface area contributed by atoms with Crippen LogP contribution in [0.5, 0.6) is 0 Å². The van der Waals surface area contributed by atoms with E-state index in [1.807, 2.05) is 42.5 Å². The fourth-order valence-corrected chi connectivity index (χ4v) is 4.83. The molecule has 0 unspecified atom stereocenters. The lowest BCUT2D eigenvalue weighted by Gasteiger charge is -2.39. The average Bonchev–Trinajstić information content (AvgIpc) is 3.60. The van der Waals surface area contributed by atoms with Crippen LogP contribution in [-0.2, 0) is 0 Å². The third-order valence-corrected chi connectivity index (χ3v) is 6.89. The molecule has 0 saturated heterocycles. The Morgan fingerprint density at radius 2 is 1.65 bits per heavy atom. The van der Waals surface area contributed by atoms with E-state index >= 15 is 0 Å². The lowest BCUT2D eigenvalue weighted by Crippen LogP contribution is -2.45. The van der Waals surface area contributed by atoms with Gasteiger partial charge in [0.1, 0.15) is 6.07 Å². The highest BCUT2D eigenvalue weighted by Crippen LogP contribution is 2.39. The molecular formula is C26H30ClN3O. The van der Waals surface area contributed by atoms with Crippen LogP contribution in [0.15, 0.2) is 42.5 Å². The standard InChI is InChI=1S/C26H30ClN3O/c1-17(2)18-3-5-19(6-4-18)26(31)29-21-8-11-22(12-9-21)30(23-13-14-23)24-10-7-20(16-28)25(27)15-24/h3-7,10,15,17,21-23H,8-9,11-14H2,1-2H3,(H,29,31). The highest BCUT2D eigenvalue weighted by atomic mass is 35.5. The van der Waals surface area contributed by atoms with Crippen molar-refractivity contribution < 1.29 is 4.79 Å². The van der Waals surface area contributed by atoms with Gasteiger partial charge in [0.2, 0.25) is 0 Å². The fourth-order valence-electron chi connectivity index (χ4n) is 4.61. The molecule has 0 radical (unpaired) electrons. The summed E-state index contributed by atoms with van der Waals surface area (Å²) >= 11 is 6.31. The van der Waals surface area contributed by atoms with Crippen LogP contribution in [0.4, 0.5) is 5.69 Å². The Bertz CT molecular complexity index is 967. The van der Waals surface area contributed by atoms with Gasteiger partial charge in [-0.25, -0.2) is 0 Å². The normalized spacial score (nSPS) is 20.9. The van der Waals surface area contributed by atoms with E-state index in [0.29, 0.717) is 28.6 Å². The van der Waals surface area contributed by atoms with Crippen molar-refractivity contribution in [2.45, 2.75) is 76.4 Å². The van der Waals surface area contributed by atoms with Crippen LogP contribution >= 0.6 is 11.6 Å². The number of carbonyl (C=O) groups is 1. The van der Waals surface area contributed by atoms with E-state index in [1.54, 1.807) is 0 Å². The summed E-state index contributed by atoms with van der Waals surface area (Å²) in [6.45, 7) is 4.31. The quantitative estimate of drug-likeness (QED) is 0.601. The first-order chi connectivity index (χ1) is 15.0. The number of nitriles is 1. The molecule has 0 aliphatic heterocycles. The minimum atomic E-state index is 0.0247. The highest BCUT2D eigenvalue weighted by molar-refractivity contribution is 6.32. The summed E-state index contributed by atoms with van der Waals surface area (Å²) in [7, 11) is 0. The highest BCUT2D eigenvalue weighted by Gasteiger charge is 2.36. The van der Waals surface area contributed by atoms with E-state index in [4.69, 9.17) is 16.9 Å². The molecule has 0 spiro atoms. The topological polar surface area (TPSA) is 56.1 Å². The largest absolute Gasteiger partial charge is 0.366 e. The summed E-state index contributed by atoms with van der Waals surface area (Å²) in [6, 6.07) is 17.1. The number of carbonyl (C=O) groups excluding carboxylic acids is 1. The number of hydrogen-bond donors (Lipinski definition) is 1. The van der Waals surface area contributed by atoms with Gasteiger partial charge in [0.15, 0.2) is 0 Å². The first-order valence-corrected chi connectivity index (χ1v) is 11.7. The number of benzene rings is 2. The predicted molar refractivity (Wildman–Crippen MR) is 126 cm³/mol. The maximum Gasteiger partial charge on any atom is 0.251 e. The Hall–Kier alpha value is -2.51. The molecule has 4 nitrogen and oxygen atoms in total. The fraction of sp³-hybridized carbons (Fsp3) is 0.462. The van der Waals surface area contributed by atoms with Crippen LogP contribution in [0.1, 0.15) is 79.8 Å². The van der Waals surface area contributed by atoms with Gasteiger partial charge in [0, 0.05) is 29.4 Å². The second-order valence-corrected chi connectivity index (χ2v) is 9.58. The molecule has 0 atom stereocenters. The second kappa shape index (κ2) is 9.32. The van der Waals surface area contributed by atoms with Crippen LogP contribution in [0.3, 0.4) is 0 Å². The van der Waals surface area contributed by atoms with E-state index < -0.39 is 0 Å². The number of hydrogen-bond acceptors (Lipinski definition) is 3. The summed E-state index contributed by atoms with van der Waals surface area (Å²) < 4.78 is 0. The minimum Gasteiger partial charge on any atom is -0.366 e. The Kier molecular flexibility index (Phi) is 6.53. The Morgan fingerprint density at radius 3 is 2.16 bits per heavy atom. The second-order valence-electron chi connectivity index (χ2n) is 9.17. The summed E-state index contributed by atoms with van der Waals surface area (Å²) in [5.41, 5.74) is 3.62. The number of nitrogens with zero attached hydrogens (tertiary/aromatic N) is 2. The van der Waals surface area contributed by atoms with Gasteiger partial charge in [-0.2, -0.15) is 5.26 Å². The van der Waals surface area contributed by atoms with Gasteiger partial charge in [0.05, 0.1) is 10.6 Å². The minimum absolute atomic E-state index is 0.0247. The molecule has 2 saturated carbocycles. The number of rotatable bonds is 6. The van der Waals surface area contributed by atoms with Crippen molar-refractivity contribution in [1.82, 2.24) is 5.32 Å². The molecule has 31 heavy (non-hydrogen) atoms. The Labute approximate surface area is 190 Å². The lowest BCUT2D eigenvalue weighted by atomic mass is 9.89. The van der Waals surface area contributed by atoms with Crippen molar-refractivity contribution in [3.63, 3.8) is 0 Å².